The quantitative estimate of drug-likeness (QED) is 0.581. The van der Waals surface area contributed by atoms with E-state index in [0.29, 0.717) is 18.3 Å². The molecule has 3 aromatic rings. The van der Waals surface area contributed by atoms with Gasteiger partial charge in [-0.15, -0.1) is 0 Å². The molecular weight excluding hydrogens is 446 g/mol. The Hall–Kier alpha value is -3.20. The third-order valence-corrected chi connectivity index (χ3v) is 7.74. The molecule has 9 nitrogen and oxygen atoms in total. The molecule has 1 amide bonds. The number of carbonyl (C=O) groups is 1. The summed E-state index contributed by atoms with van der Waals surface area (Å²) in [4.78, 5) is 35.7. The molecule has 0 radical (unpaired) electrons. The van der Waals surface area contributed by atoms with Crippen molar-refractivity contribution in [1.29, 1.82) is 0 Å². The van der Waals surface area contributed by atoms with Crippen LogP contribution >= 0.6 is 0 Å². The molecule has 2 saturated carbocycles. The van der Waals surface area contributed by atoms with Crippen LogP contribution in [0.25, 0.3) is 5.78 Å². The van der Waals surface area contributed by atoms with E-state index in [1.807, 2.05) is 20.0 Å². The van der Waals surface area contributed by atoms with Crippen LogP contribution in [0.3, 0.4) is 0 Å². The number of nitrogens with zero attached hydrogens (tertiary/aromatic N) is 4. The number of carbonyl (C=O) groups excluding carboxylic acids is 1. The van der Waals surface area contributed by atoms with E-state index in [1.54, 1.807) is 33.5 Å². The maximum Gasteiger partial charge on any atom is 0.274 e. The molecule has 9 heteroatoms. The number of anilines is 1. The van der Waals surface area contributed by atoms with E-state index in [1.165, 1.54) is 0 Å². The summed E-state index contributed by atoms with van der Waals surface area (Å²) in [5.74, 6) is 0.700. The fourth-order valence-electron chi connectivity index (χ4n) is 5.62. The summed E-state index contributed by atoms with van der Waals surface area (Å²) < 4.78 is 15.4. The molecule has 1 aliphatic heterocycles. The molecule has 6 rings (SSSR count). The van der Waals surface area contributed by atoms with E-state index in [-0.39, 0.29) is 45.9 Å². The Kier molecular flexibility index (Phi) is 4.87. The first-order chi connectivity index (χ1) is 16.7. The summed E-state index contributed by atoms with van der Waals surface area (Å²) >= 11 is 0. The van der Waals surface area contributed by atoms with Crippen LogP contribution in [-0.4, -0.2) is 43.2 Å². The van der Waals surface area contributed by atoms with Crippen LogP contribution < -0.4 is 15.6 Å². The SMILES string of the molecule is CC(C)Oc1nc2nc([C@]34CC[C@](C)(C3)OC4)cn2cc1C(=O)Nc1cccn(C2CC2C)c1=O. The smallest absolute Gasteiger partial charge is 0.274 e. The van der Waals surface area contributed by atoms with E-state index in [0.717, 1.165) is 31.4 Å². The molecule has 0 aromatic carbocycles. The van der Waals surface area contributed by atoms with Gasteiger partial charge in [-0.2, -0.15) is 4.98 Å². The number of pyridine rings is 1. The van der Waals surface area contributed by atoms with Gasteiger partial charge in [-0.05, 0) is 64.5 Å². The number of ether oxygens (including phenoxy) is 2. The lowest BCUT2D eigenvalue weighted by Gasteiger charge is -2.24. The lowest BCUT2D eigenvalue weighted by molar-refractivity contribution is -0.00627. The van der Waals surface area contributed by atoms with Crippen molar-refractivity contribution >= 4 is 17.4 Å². The Morgan fingerprint density at radius 3 is 2.71 bits per heavy atom. The number of imidazole rings is 1. The highest BCUT2D eigenvalue weighted by atomic mass is 16.5. The van der Waals surface area contributed by atoms with Crippen molar-refractivity contribution in [1.82, 2.24) is 18.9 Å². The maximum atomic E-state index is 13.4. The molecule has 3 aromatic heterocycles. The fraction of sp³-hybridized carbons (Fsp3) is 0.538. The van der Waals surface area contributed by atoms with Gasteiger partial charge in [0.05, 0.1) is 24.0 Å². The van der Waals surface area contributed by atoms with Crippen molar-refractivity contribution in [3.05, 3.63) is 52.3 Å². The maximum absolute atomic E-state index is 13.4. The molecule has 1 N–H and O–H groups in total. The van der Waals surface area contributed by atoms with Crippen molar-refractivity contribution in [2.75, 3.05) is 11.9 Å². The number of aromatic nitrogens is 4. The Balaban J connectivity index is 1.35. The van der Waals surface area contributed by atoms with Crippen LogP contribution in [0.2, 0.25) is 0 Å². The second-order valence-electron chi connectivity index (χ2n) is 11.0. The Morgan fingerprint density at radius 2 is 2.09 bits per heavy atom. The van der Waals surface area contributed by atoms with Gasteiger partial charge < -0.3 is 19.4 Å². The van der Waals surface area contributed by atoms with Crippen LogP contribution in [0.1, 0.15) is 75.5 Å². The van der Waals surface area contributed by atoms with Crippen molar-refractivity contribution in [3.63, 3.8) is 0 Å². The van der Waals surface area contributed by atoms with Gasteiger partial charge in [0.25, 0.3) is 11.5 Å². The summed E-state index contributed by atoms with van der Waals surface area (Å²) in [7, 11) is 0. The van der Waals surface area contributed by atoms with Gasteiger partial charge in [0, 0.05) is 30.0 Å². The average Bonchev–Trinajstić information content (AvgIpc) is 3.12. The predicted molar refractivity (Wildman–Crippen MR) is 130 cm³/mol. The molecule has 2 aliphatic carbocycles. The molecule has 1 saturated heterocycles. The zero-order valence-corrected chi connectivity index (χ0v) is 20.6. The highest BCUT2D eigenvalue weighted by Crippen LogP contribution is 2.53. The third kappa shape index (κ3) is 3.73. The zero-order chi connectivity index (χ0) is 24.5. The molecule has 4 heterocycles. The summed E-state index contributed by atoms with van der Waals surface area (Å²) in [6.07, 6.45) is 9.17. The molecule has 2 bridgehead atoms. The van der Waals surface area contributed by atoms with Gasteiger partial charge in [-0.3, -0.25) is 14.0 Å². The highest BCUT2D eigenvalue weighted by molar-refractivity contribution is 6.05. The van der Waals surface area contributed by atoms with Crippen LogP contribution in [0.5, 0.6) is 5.88 Å². The van der Waals surface area contributed by atoms with Crippen molar-refractivity contribution < 1.29 is 14.3 Å². The molecular formula is C26H31N5O4. The Labute approximate surface area is 203 Å². The number of nitrogens with one attached hydrogen (secondary N) is 1. The summed E-state index contributed by atoms with van der Waals surface area (Å²) in [6.45, 7) is 8.68. The highest BCUT2D eigenvalue weighted by Gasteiger charge is 2.55. The fourth-order valence-corrected chi connectivity index (χ4v) is 5.62. The van der Waals surface area contributed by atoms with Gasteiger partial charge >= 0.3 is 0 Å². The molecule has 0 spiro atoms. The summed E-state index contributed by atoms with van der Waals surface area (Å²) in [5.41, 5.74) is 1.03. The first-order valence-corrected chi connectivity index (χ1v) is 12.4. The van der Waals surface area contributed by atoms with E-state index >= 15 is 0 Å². The Morgan fingerprint density at radius 1 is 1.29 bits per heavy atom. The number of rotatable bonds is 6. The van der Waals surface area contributed by atoms with Crippen molar-refractivity contribution in [2.24, 2.45) is 5.92 Å². The molecule has 3 aliphatic rings. The van der Waals surface area contributed by atoms with Gasteiger partial charge in [-0.25, -0.2) is 4.98 Å². The molecule has 35 heavy (non-hydrogen) atoms. The minimum atomic E-state index is -0.445. The number of fused-ring (bicyclic) bond motifs is 3. The van der Waals surface area contributed by atoms with Crippen LogP contribution in [-0.2, 0) is 10.2 Å². The minimum Gasteiger partial charge on any atom is -0.474 e. The minimum absolute atomic E-state index is 0.0823. The van der Waals surface area contributed by atoms with Crippen LogP contribution in [0.15, 0.2) is 35.5 Å². The van der Waals surface area contributed by atoms with E-state index in [9.17, 15) is 9.59 Å². The predicted octanol–water partition coefficient (Wildman–Crippen LogP) is 3.72. The van der Waals surface area contributed by atoms with Gasteiger partial charge in [0.2, 0.25) is 11.7 Å². The number of hydrogen-bond donors (Lipinski definition) is 1. The number of hydrogen-bond acceptors (Lipinski definition) is 6. The van der Waals surface area contributed by atoms with Crippen LogP contribution in [0.4, 0.5) is 5.69 Å². The van der Waals surface area contributed by atoms with Gasteiger partial charge in [0.1, 0.15) is 11.3 Å². The zero-order valence-electron chi connectivity index (χ0n) is 20.6. The number of amides is 1. The molecule has 4 atom stereocenters. The average molecular weight is 478 g/mol. The van der Waals surface area contributed by atoms with E-state index in [2.05, 4.69) is 24.1 Å². The lowest BCUT2D eigenvalue weighted by atomic mass is 9.84. The first-order valence-electron chi connectivity index (χ1n) is 12.4. The van der Waals surface area contributed by atoms with E-state index < -0.39 is 5.91 Å². The normalized spacial score (nSPS) is 29.2. The Bertz CT molecular complexity index is 1380. The molecule has 3 fully saturated rings. The molecule has 2 unspecified atom stereocenters. The molecule has 184 valence electrons. The summed E-state index contributed by atoms with van der Waals surface area (Å²) in [6, 6.07) is 3.61. The lowest BCUT2D eigenvalue weighted by Crippen LogP contribution is -2.26. The summed E-state index contributed by atoms with van der Waals surface area (Å²) in [5, 5.41) is 2.79. The van der Waals surface area contributed by atoms with Gasteiger partial charge in [-0.1, -0.05) is 6.92 Å². The van der Waals surface area contributed by atoms with Crippen LogP contribution in [0, 0.1) is 5.92 Å². The second kappa shape index (κ2) is 7.65. The standard InChI is InChI=1S/C26H31N5O4/c1-15(2)35-22-17(21(32)27-18-6-5-9-31(23(18)33)19-10-16(19)3)11-30-12-20(28-24(30)29-22)26-8-7-25(4,13-26)34-14-26/h5-6,9,11-12,15-16,19H,7-8,10,13-14H2,1-4H3,(H,27,32)/t16?,19?,25-,26-/m1/s1. The second-order valence-corrected chi connectivity index (χ2v) is 11.0. The van der Waals surface area contributed by atoms with Crippen molar-refractivity contribution in [3.8, 4) is 5.88 Å². The third-order valence-electron chi connectivity index (χ3n) is 7.74. The van der Waals surface area contributed by atoms with Gasteiger partial charge in [0.15, 0.2) is 0 Å². The van der Waals surface area contributed by atoms with Crippen molar-refractivity contribution in [2.45, 2.75) is 76.5 Å². The monoisotopic (exact) mass is 477 g/mol. The first kappa shape index (κ1) is 22.3. The largest absolute Gasteiger partial charge is 0.474 e. The van der Waals surface area contributed by atoms with E-state index in [4.69, 9.17) is 14.5 Å². The topological polar surface area (TPSA) is 99.8 Å².